The predicted octanol–water partition coefficient (Wildman–Crippen LogP) is 4.35. The maximum absolute atomic E-state index is 12.3. The number of ether oxygens (including phenoxy) is 1. The Morgan fingerprint density at radius 3 is 2.39 bits per heavy atom. The van der Waals surface area contributed by atoms with E-state index in [1.807, 2.05) is 43.3 Å². The smallest absolute Gasteiger partial charge is 0.306 e. The summed E-state index contributed by atoms with van der Waals surface area (Å²) in [5.41, 5.74) is 4.39. The average Bonchev–Trinajstić information content (AvgIpc) is 3.26. The Hall–Kier alpha value is -3.41. The summed E-state index contributed by atoms with van der Waals surface area (Å²) in [7, 11) is 1.70. The van der Waals surface area contributed by atoms with Crippen molar-refractivity contribution in [2.24, 2.45) is 0 Å². The Kier molecular flexibility index (Phi) is 7.60. The van der Waals surface area contributed by atoms with Gasteiger partial charge in [0.05, 0.1) is 12.6 Å². The van der Waals surface area contributed by atoms with Crippen LogP contribution in [-0.4, -0.2) is 35.4 Å². The maximum Gasteiger partial charge on any atom is 0.306 e. The molecule has 0 fully saturated rings. The highest BCUT2D eigenvalue weighted by molar-refractivity contribution is 5.80. The van der Waals surface area contributed by atoms with Crippen molar-refractivity contribution in [3.63, 3.8) is 0 Å². The number of oxazole rings is 1. The minimum Gasteiger partial charge on any atom is -0.456 e. The van der Waals surface area contributed by atoms with Crippen LogP contribution in [0.25, 0.3) is 11.3 Å². The highest BCUT2D eigenvalue weighted by atomic mass is 16.5. The molecule has 2 aromatic carbocycles. The second-order valence-corrected chi connectivity index (χ2v) is 7.56. The second kappa shape index (κ2) is 10.6. The van der Waals surface area contributed by atoms with Gasteiger partial charge in [0, 0.05) is 25.6 Å². The lowest BCUT2D eigenvalue weighted by molar-refractivity contribution is -0.151. The molecular formula is C25H28N2O4. The van der Waals surface area contributed by atoms with Crippen molar-refractivity contribution in [3.8, 4) is 11.3 Å². The molecule has 6 heteroatoms. The number of carbonyl (C=O) groups is 2. The lowest BCUT2D eigenvalue weighted by atomic mass is 10.1. The molecule has 0 spiro atoms. The summed E-state index contributed by atoms with van der Waals surface area (Å²) < 4.78 is 10.8. The molecule has 0 unspecified atom stereocenters. The highest BCUT2D eigenvalue weighted by Gasteiger charge is 2.14. The highest BCUT2D eigenvalue weighted by Crippen LogP contribution is 2.21. The Balaban J connectivity index is 1.41. The summed E-state index contributed by atoms with van der Waals surface area (Å²) in [6.45, 7) is 4.32. The van der Waals surface area contributed by atoms with E-state index < -0.39 is 5.97 Å². The van der Waals surface area contributed by atoms with Gasteiger partial charge in [0.2, 0.25) is 0 Å². The molecule has 0 radical (unpaired) electrons. The molecule has 0 saturated carbocycles. The summed E-state index contributed by atoms with van der Waals surface area (Å²) >= 11 is 0. The van der Waals surface area contributed by atoms with Gasteiger partial charge in [-0.05, 0) is 24.5 Å². The number of amides is 1. The van der Waals surface area contributed by atoms with Crippen LogP contribution in [-0.2, 0) is 33.7 Å². The van der Waals surface area contributed by atoms with Gasteiger partial charge < -0.3 is 14.1 Å². The van der Waals surface area contributed by atoms with E-state index in [1.54, 1.807) is 18.1 Å². The fourth-order valence-corrected chi connectivity index (χ4v) is 3.05. The number of hydrogen-bond donors (Lipinski definition) is 0. The van der Waals surface area contributed by atoms with Crippen LogP contribution >= 0.6 is 0 Å². The van der Waals surface area contributed by atoms with Gasteiger partial charge in [-0.1, -0.05) is 61.0 Å². The van der Waals surface area contributed by atoms with Crippen molar-refractivity contribution in [2.75, 3.05) is 13.7 Å². The Labute approximate surface area is 182 Å². The molecule has 0 atom stereocenters. The van der Waals surface area contributed by atoms with Gasteiger partial charge in [0.15, 0.2) is 18.3 Å². The lowest BCUT2D eigenvalue weighted by Crippen LogP contribution is -2.30. The van der Waals surface area contributed by atoms with Gasteiger partial charge in [0.25, 0.3) is 5.91 Å². The van der Waals surface area contributed by atoms with Crippen LogP contribution in [0.5, 0.6) is 0 Å². The van der Waals surface area contributed by atoms with Gasteiger partial charge in [0.1, 0.15) is 0 Å². The van der Waals surface area contributed by atoms with Crippen molar-refractivity contribution < 1.29 is 18.7 Å². The first-order chi connectivity index (χ1) is 14.9. The maximum atomic E-state index is 12.3. The van der Waals surface area contributed by atoms with E-state index >= 15 is 0 Å². The molecule has 1 aromatic heterocycles. The fourth-order valence-electron chi connectivity index (χ4n) is 3.05. The molecule has 0 aliphatic heterocycles. The fraction of sp³-hybridized carbons (Fsp3) is 0.320. The van der Waals surface area contributed by atoms with Crippen LogP contribution in [0.3, 0.4) is 0 Å². The summed E-state index contributed by atoms with van der Waals surface area (Å²) in [4.78, 5) is 30.0. The van der Waals surface area contributed by atoms with E-state index in [4.69, 9.17) is 9.15 Å². The van der Waals surface area contributed by atoms with Crippen LogP contribution in [0, 0.1) is 6.92 Å². The third-order valence-corrected chi connectivity index (χ3v) is 5.07. The minimum atomic E-state index is -0.455. The summed E-state index contributed by atoms with van der Waals surface area (Å²) in [5, 5.41) is 0. The van der Waals surface area contributed by atoms with Crippen LogP contribution < -0.4 is 0 Å². The number of aryl methyl sites for hydroxylation is 3. The van der Waals surface area contributed by atoms with Crippen molar-refractivity contribution in [1.29, 1.82) is 0 Å². The second-order valence-electron chi connectivity index (χ2n) is 7.56. The van der Waals surface area contributed by atoms with Gasteiger partial charge >= 0.3 is 5.97 Å². The van der Waals surface area contributed by atoms with Crippen LogP contribution in [0.1, 0.15) is 35.9 Å². The van der Waals surface area contributed by atoms with Crippen LogP contribution in [0.15, 0.2) is 59.1 Å². The molecule has 0 saturated heterocycles. The summed E-state index contributed by atoms with van der Waals surface area (Å²) in [6, 6.07) is 16.1. The van der Waals surface area contributed by atoms with E-state index in [-0.39, 0.29) is 18.9 Å². The SMILES string of the molecule is CCc1ccc(CN(C)C(=O)COC(=O)CCc2ncc(-c3ccc(C)cc3)o2)cc1. The van der Waals surface area contributed by atoms with Gasteiger partial charge in [-0.2, -0.15) is 0 Å². The normalized spacial score (nSPS) is 10.7. The third kappa shape index (κ3) is 6.54. The van der Waals surface area contributed by atoms with E-state index in [2.05, 4.69) is 24.0 Å². The number of hydrogen-bond acceptors (Lipinski definition) is 5. The third-order valence-electron chi connectivity index (χ3n) is 5.07. The molecule has 6 nitrogen and oxygen atoms in total. The van der Waals surface area contributed by atoms with Gasteiger partial charge in [-0.15, -0.1) is 0 Å². The van der Waals surface area contributed by atoms with Crippen molar-refractivity contribution in [3.05, 3.63) is 77.3 Å². The molecule has 1 heterocycles. The first kappa shape index (κ1) is 22.3. The monoisotopic (exact) mass is 420 g/mol. The number of esters is 1. The quantitative estimate of drug-likeness (QED) is 0.481. The molecule has 3 aromatic rings. The molecule has 162 valence electrons. The van der Waals surface area contributed by atoms with E-state index in [0.717, 1.165) is 17.5 Å². The molecule has 0 aliphatic carbocycles. The predicted molar refractivity (Wildman–Crippen MR) is 118 cm³/mol. The number of rotatable bonds is 9. The van der Waals surface area contributed by atoms with Crippen molar-refractivity contribution in [2.45, 2.75) is 39.7 Å². The van der Waals surface area contributed by atoms with E-state index in [1.165, 1.54) is 11.1 Å². The number of nitrogens with zero attached hydrogens (tertiary/aromatic N) is 2. The van der Waals surface area contributed by atoms with E-state index in [9.17, 15) is 9.59 Å². The molecule has 3 rings (SSSR count). The number of benzene rings is 2. The summed E-state index contributed by atoms with van der Waals surface area (Å²) in [6.07, 6.45) is 3.05. The van der Waals surface area contributed by atoms with Crippen LogP contribution in [0.2, 0.25) is 0 Å². The topological polar surface area (TPSA) is 72.6 Å². The molecule has 1 amide bonds. The zero-order valence-corrected chi connectivity index (χ0v) is 18.3. The minimum absolute atomic E-state index is 0.101. The molecule has 0 aliphatic rings. The zero-order chi connectivity index (χ0) is 22.2. The Morgan fingerprint density at radius 2 is 1.71 bits per heavy atom. The number of likely N-dealkylation sites (N-methyl/N-ethyl adjacent to an activating group) is 1. The number of carbonyl (C=O) groups excluding carboxylic acids is 2. The first-order valence-corrected chi connectivity index (χ1v) is 10.4. The molecule has 31 heavy (non-hydrogen) atoms. The van der Waals surface area contributed by atoms with Crippen molar-refractivity contribution >= 4 is 11.9 Å². The molecular weight excluding hydrogens is 392 g/mol. The van der Waals surface area contributed by atoms with E-state index in [0.29, 0.717) is 24.6 Å². The van der Waals surface area contributed by atoms with Crippen molar-refractivity contribution in [1.82, 2.24) is 9.88 Å². The summed E-state index contributed by atoms with van der Waals surface area (Å²) in [5.74, 6) is 0.425. The number of aromatic nitrogens is 1. The van der Waals surface area contributed by atoms with Gasteiger partial charge in [-0.3, -0.25) is 9.59 Å². The largest absolute Gasteiger partial charge is 0.456 e. The van der Waals surface area contributed by atoms with Crippen LogP contribution in [0.4, 0.5) is 0 Å². The Morgan fingerprint density at radius 1 is 1.03 bits per heavy atom. The zero-order valence-electron chi connectivity index (χ0n) is 18.3. The molecule has 0 N–H and O–H groups in total. The first-order valence-electron chi connectivity index (χ1n) is 10.4. The average molecular weight is 421 g/mol. The van der Waals surface area contributed by atoms with Gasteiger partial charge in [-0.25, -0.2) is 4.98 Å². The standard InChI is InChI=1S/C25H28N2O4/c1-4-19-7-9-20(10-8-19)16-27(3)24(28)17-30-25(29)14-13-23-26-15-22(31-23)21-11-5-18(2)6-12-21/h5-12,15H,4,13-14,16-17H2,1-3H3. The Bertz CT molecular complexity index is 1010. The lowest BCUT2D eigenvalue weighted by Gasteiger charge is -2.17. The molecule has 0 bridgehead atoms.